The van der Waals surface area contributed by atoms with Gasteiger partial charge >= 0.3 is 24.0 Å². The summed E-state index contributed by atoms with van der Waals surface area (Å²) in [6.07, 6.45) is 1.85. The largest absolute Gasteiger partial charge is 0.480 e. The summed E-state index contributed by atoms with van der Waals surface area (Å²) in [5, 5.41) is 13.7. The quantitative estimate of drug-likeness (QED) is 0.279. The summed E-state index contributed by atoms with van der Waals surface area (Å²) in [5.41, 5.74) is 29.4. The molecule has 3 N–H and O–H groups in total. The summed E-state index contributed by atoms with van der Waals surface area (Å²) in [4.78, 5) is 47.7. The van der Waals surface area contributed by atoms with Crippen molar-refractivity contribution in [3.8, 4) is 0 Å². The van der Waals surface area contributed by atoms with Crippen LogP contribution in [-0.4, -0.2) is 84.3 Å². The molecule has 2 aliphatic heterocycles. The molecule has 2 heterocycles. The number of urea groups is 2. The summed E-state index contributed by atoms with van der Waals surface area (Å²) in [5.74, 6) is -0.276. The lowest BCUT2D eigenvalue weighted by Gasteiger charge is -2.15. The van der Waals surface area contributed by atoms with Crippen molar-refractivity contribution in [3.05, 3.63) is 81.9 Å². The molecule has 2 saturated heterocycles. The first-order valence-corrected chi connectivity index (χ1v) is 13.4. The Bertz CT molecular complexity index is 1390. The highest BCUT2D eigenvalue weighted by atomic mass is 16.5. The molecule has 0 aromatic heterocycles. The van der Waals surface area contributed by atoms with Gasteiger partial charge in [-0.1, -0.05) is 46.6 Å². The molecule has 44 heavy (non-hydrogen) atoms. The third-order valence-corrected chi connectivity index (χ3v) is 5.45. The summed E-state index contributed by atoms with van der Waals surface area (Å²) >= 11 is 0. The first kappa shape index (κ1) is 40.7. The Balaban J connectivity index is 0. The Morgan fingerprint density at radius 1 is 0.773 bits per heavy atom. The highest BCUT2D eigenvalue weighted by molar-refractivity contribution is 5.87. The summed E-state index contributed by atoms with van der Waals surface area (Å²) < 4.78 is 4.58. The van der Waals surface area contributed by atoms with Gasteiger partial charge in [-0.05, 0) is 95.1 Å². The Labute approximate surface area is 260 Å². The number of carbonyl (C=O) groups excluding carboxylic acids is 3. The Kier molecular flexibility index (Phi) is 22.4. The molecular weight excluding hydrogens is 560 g/mol. The van der Waals surface area contributed by atoms with Crippen molar-refractivity contribution in [2.45, 2.75) is 60.0 Å². The van der Waals surface area contributed by atoms with Crippen LogP contribution in [0, 0.1) is 11.8 Å². The van der Waals surface area contributed by atoms with E-state index in [4.69, 9.17) is 5.11 Å². The van der Waals surface area contributed by atoms with E-state index in [1.165, 1.54) is 7.11 Å². The third-order valence-electron chi connectivity index (χ3n) is 5.45. The number of nitrogens with one attached hydrogen (secondary N) is 2. The standard InChI is InChI=1S/C14H4.C10H18N2O3.C9H16N2O3.CH4/c1-3-5-7-9-11-13-14-12-10-8-6-4-2;1-7(2)4-5-12-6-8(9(13)15-3)11-10(12)14;1-6(2)3-4-11-5-7(8(12)13)10-9(11)14;/h1-2H2;7-8H,4-6H2,1-3H3,(H,11,14);6-7H,3-5H2,1-2H3,(H,10,14)(H,12,13);1H4/t;8-;7-;/m.00./s1. The van der Waals surface area contributed by atoms with Gasteiger partial charge < -0.3 is 30.3 Å². The Hall–Kier alpha value is -5.42. The second kappa shape index (κ2) is 24.2. The first-order valence-electron chi connectivity index (χ1n) is 13.4. The molecule has 0 spiro atoms. The van der Waals surface area contributed by atoms with Crippen LogP contribution in [0.25, 0.3) is 0 Å². The van der Waals surface area contributed by atoms with E-state index in [-0.39, 0.29) is 32.0 Å². The van der Waals surface area contributed by atoms with E-state index in [0.29, 0.717) is 31.5 Å². The molecule has 4 amide bonds. The number of esters is 1. The van der Waals surface area contributed by atoms with Crippen molar-refractivity contribution in [2.75, 3.05) is 33.3 Å². The van der Waals surface area contributed by atoms with Crippen LogP contribution in [0.2, 0.25) is 0 Å². The number of methoxy groups -OCH3 is 1. The van der Waals surface area contributed by atoms with Crippen molar-refractivity contribution in [3.63, 3.8) is 0 Å². The Morgan fingerprint density at radius 3 is 1.41 bits per heavy atom. The van der Waals surface area contributed by atoms with E-state index in [1.807, 2.05) is 0 Å². The summed E-state index contributed by atoms with van der Waals surface area (Å²) in [6.45, 7) is 16.9. The van der Waals surface area contributed by atoms with Gasteiger partial charge in [-0.25, -0.2) is 19.2 Å². The molecule has 2 aliphatic rings. The molecular formula is C34H42N4O6. The number of hydrogen-bond acceptors (Lipinski definition) is 5. The molecule has 10 nitrogen and oxygen atoms in total. The lowest BCUT2D eigenvalue weighted by molar-refractivity contribution is -0.142. The maximum atomic E-state index is 11.4. The highest BCUT2D eigenvalue weighted by Gasteiger charge is 2.34. The topological polar surface area (TPSA) is 128 Å². The van der Waals surface area contributed by atoms with Crippen LogP contribution in [0.5, 0.6) is 0 Å². The number of rotatable bonds is 8. The maximum Gasteiger partial charge on any atom is 0.330 e. The molecule has 0 bridgehead atoms. The Morgan fingerprint density at radius 2 is 1.11 bits per heavy atom. The lowest BCUT2D eigenvalue weighted by Crippen LogP contribution is -2.35. The molecule has 234 valence electrons. The number of carboxylic acids is 1. The zero-order valence-electron chi connectivity index (χ0n) is 25.3. The predicted molar refractivity (Wildman–Crippen MR) is 166 cm³/mol. The van der Waals surface area contributed by atoms with Gasteiger partial charge in [0.25, 0.3) is 0 Å². The average molecular weight is 603 g/mol. The molecule has 10 heteroatoms. The molecule has 0 aromatic carbocycles. The molecule has 2 fully saturated rings. The predicted octanol–water partition coefficient (Wildman–Crippen LogP) is 4.41. The van der Waals surface area contributed by atoms with Gasteiger partial charge in [-0.2, -0.15) is 0 Å². The van der Waals surface area contributed by atoms with Crippen molar-refractivity contribution >= 4 is 24.0 Å². The van der Waals surface area contributed by atoms with E-state index in [1.54, 1.807) is 9.80 Å². The molecule has 2 atom stereocenters. The normalized spacial score (nSPS) is 15.1. The fraction of sp³-hybridized carbons (Fsp3) is 0.471. The molecule has 0 saturated carbocycles. The highest BCUT2D eigenvalue weighted by Crippen LogP contribution is 2.09. The summed E-state index contributed by atoms with van der Waals surface area (Å²) in [7, 11) is 1.32. The van der Waals surface area contributed by atoms with Crippen LogP contribution in [-0.2, 0) is 14.3 Å². The van der Waals surface area contributed by atoms with Crippen LogP contribution in [0.3, 0.4) is 0 Å². The van der Waals surface area contributed by atoms with Gasteiger partial charge in [-0.3, -0.25) is 0 Å². The monoisotopic (exact) mass is 602 g/mol. The fourth-order valence-corrected chi connectivity index (χ4v) is 3.15. The van der Waals surface area contributed by atoms with Gasteiger partial charge in [0.2, 0.25) is 0 Å². The van der Waals surface area contributed by atoms with E-state index in [9.17, 15) is 19.2 Å². The number of carboxylic acid groups (broad SMARTS) is 1. The zero-order valence-corrected chi connectivity index (χ0v) is 25.3. The molecule has 0 radical (unpaired) electrons. The van der Waals surface area contributed by atoms with E-state index >= 15 is 0 Å². The van der Waals surface area contributed by atoms with Crippen LogP contribution < -0.4 is 10.6 Å². The van der Waals surface area contributed by atoms with E-state index in [0.717, 1.165) is 12.8 Å². The number of aliphatic carboxylic acids is 1. The number of hydrogen-bond donors (Lipinski definition) is 3. The molecule has 0 aliphatic carbocycles. The third kappa shape index (κ3) is 18.8. The van der Waals surface area contributed by atoms with Crippen molar-refractivity contribution in [2.24, 2.45) is 11.8 Å². The van der Waals surface area contributed by atoms with Gasteiger partial charge in [0.15, 0.2) is 0 Å². The van der Waals surface area contributed by atoms with Crippen molar-refractivity contribution in [1.29, 1.82) is 0 Å². The van der Waals surface area contributed by atoms with Crippen LogP contribution >= 0.6 is 0 Å². The molecule has 2 rings (SSSR count). The number of amides is 4. The number of nitrogens with zero attached hydrogens (tertiary/aromatic N) is 2. The average Bonchev–Trinajstić information content (AvgIpc) is 3.53. The maximum absolute atomic E-state index is 11.4. The smallest absolute Gasteiger partial charge is 0.330 e. The number of ether oxygens (including phenoxy) is 1. The van der Waals surface area contributed by atoms with Gasteiger partial charge in [0, 0.05) is 13.1 Å². The minimum absolute atomic E-state index is 0. The minimum Gasteiger partial charge on any atom is -0.480 e. The summed E-state index contributed by atoms with van der Waals surface area (Å²) in [6, 6.07) is -1.69. The SMILES string of the molecule is C.C=C=C=C=C=C=C=C=C=C=C=C=C=C.CC(C)CCN1C[C@@H](C(=O)O)NC1=O.COC(=O)[C@@H]1CN(CCC(C)C)C(=O)N1. The van der Waals surface area contributed by atoms with Crippen molar-refractivity contribution < 1.29 is 29.0 Å². The molecule has 0 unspecified atom stereocenters. The van der Waals surface area contributed by atoms with Gasteiger partial charge in [-0.15, -0.1) is 0 Å². The molecule has 0 aromatic rings. The number of carbonyl (C=O) groups is 4. The van der Waals surface area contributed by atoms with Crippen molar-refractivity contribution in [1.82, 2.24) is 20.4 Å². The van der Waals surface area contributed by atoms with Gasteiger partial charge in [0.1, 0.15) is 12.1 Å². The van der Waals surface area contributed by atoms with Gasteiger partial charge in [0.05, 0.1) is 20.2 Å². The second-order valence-corrected chi connectivity index (χ2v) is 9.73. The van der Waals surface area contributed by atoms with Crippen LogP contribution in [0.1, 0.15) is 48.0 Å². The first-order chi connectivity index (χ1) is 20.5. The second-order valence-electron chi connectivity index (χ2n) is 9.73. The lowest BCUT2D eigenvalue weighted by atomic mass is 10.1. The van der Waals surface area contributed by atoms with Crippen LogP contribution in [0.4, 0.5) is 9.59 Å². The van der Waals surface area contributed by atoms with E-state index < -0.39 is 18.1 Å². The minimum atomic E-state index is -0.967. The van der Waals surface area contributed by atoms with E-state index in [2.05, 4.69) is 125 Å². The zero-order chi connectivity index (χ0) is 32.6. The van der Waals surface area contributed by atoms with Crippen LogP contribution in [0.15, 0.2) is 81.9 Å². The fourth-order valence-electron chi connectivity index (χ4n) is 3.15.